The minimum absolute atomic E-state index is 0.0522. The molecule has 1 saturated carbocycles. The number of ether oxygens (including phenoxy) is 3. The van der Waals surface area contributed by atoms with Crippen molar-refractivity contribution in [1.82, 2.24) is 14.9 Å². The molecule has 1 saturated heterocycles. The van der Waals surface area contributed by atoms with Crippen molar-refractivity contribution in [3.8, 4) is 17.2 Å². The summed E-state index contributed by atoms with van der Waals surface area (Å²) in [5.74, 6) is 3.04. The number of urea groups is 1. The molecule has 2 aromatic carbocycles. The highest BCUT2D eigenvalue weighted by atomic mass is 16.5. The van der Waals surface area contributed by atoms with Gasteiger partial charge < -0.3 is 29.4 Å². The number of fused-ring (bicyclic) bond motifs is 3. The molecule has 2 fully saturated rings. The van der Waals surface area contributed by atoms with Crippen molar-refractivity contribution >= 4 is 22.8 Å². The number of rotatable bonds is 6. The van der Waals surface area contributed by atoms with E-state index in [1.165, 1.54) is 0 Å². The maximum atomic E-state index is 13.6. The number of para-hydroxylation sites is 2. The molecule has 0 spiro atoms. The van der Waals surface area contributed by atoms with Gasteiger partial charge in [0, 0.05) is 6.04 Å². The SMILES string of the molecule is COc1cccc(OC)c1NC(=O)N1[C@@H]2CC[C@@H](C2)[C@H]1c1nc2c(OC(C)C)cccc2[nH]1. The molecule has 33 heavy (non-hydrogen) atoms. The van der Waals surface area contributed by atoms with Gasteiger partial charge in [0.25, 0.3) is 0 Å². The number of likely N-dealkylation sites (tertiary alicyclic amines) is 1. The van der Waals surface area contributed by atoms with E-state index in [1.54, 1.807) is 26.4 Å². The third kappa shape index (κ3) is 3.73. The van der Waals surface area contributed by atoms with Crippen LogP contribution in [0.2, 0.25) is 0 Å². The molecule has 8 heteroatoms. The standard InChI is InChI=1S/C25H30N4O4/c1-14(2)33-20-10-5-7-17-21(20)27-24(26-17)23-15-11-12-16(13-15)29(23)25(30)28-22-18(31-3)8-6-9-19(22)32-4/h5-10,14-16,23H,11-13H2,1-4H3,(H,26,27)(H,28,30)/t15-,16+,23-/m0/s1. The summed E-state index contributed by atoms with van der Waals surface area (Å²) in [5, 5.41) is 3.05. The van der Waals surface area contributed by atoms with Gasteiger partial charge in [0.05, 0.1) is 31.9 Å². The Labute approximate surface area is 193 Å². The number of H-pyrrole nitrogens is 1. The Bertz CT molecular complexity index is 1150. The Balaban J connectivity index is 1.48. The minimum atomic E-state index is -0.172. The first-order chi connectivity index (χ1) is 16.0. The molecule has 1 aliphatic carbocycles. The summed E-state index contributed by atoms with van der Waals surface area (Å²) < 4.78 is 16.9. The molecule has 1 aliphatic heterocycles. The number of aromatic nitrogens is 2. The molecular formula is C25H30N4O4. The molecule has 3 atom stereocenters. The van der Waals surface area contributed by atoms with Gasteiger partial charge in [-0.1, -0.05) is 12.1 Å². The van der Waals surface area contributed by atoms with Gasteiger partial charge in [-0.3, -0.25) is 0 Å². The summed E-state index contributed by atoms with van der Waals surface area (Å²) in [6, 6.07) is 11.2. The predicted molar refractivity (Wildman–Crippen MR) is 126 cm³/mol. The van der Waals surface area contributed by atoms with Crippen LogP contribution in [0.15, 0.2) is 36.4 Å². The fourth-order valence-electron chi connectivity index (χ4n) is 5.29. The number of methoxy groups -OCH3 is 2. The van der Waals surface area contributed by atoms with Crippen LogP contribution in [0.5, 0.6) is 17.2 Å². The Morgan fingerprint density at radius 1 is 1.09 bits per heavy atom. The van der Waals surface area contributed by atoms with Crippen LogP contribution >= 0.6 is 0 Å². The lowest BCUT2D eigenvalue weighted by atomic mass is 9.98. The van der Waals surface area contributed by atoms with Gasteiger partial charge in [-0.2, -0.15) is 0 Å². The van der Waals surface area contributed by atoms with E-state index in [4.69, 9.17) is 19.2 Å². The maximum absolute atomic E-state index is 13.6. The zero-order valence-electron chi connectivity index (χ0n) is 19.4. The molecule has 2 bridgehead atoms. The van der Waals surface area contributed by atoms with E-state index < -0.39 is 0 Å². The number of hydrogen-bond donors (Lipinski definition) is 2. The second-order valence-corrected chi connectivity index (χ2v) is 8.99. The van der Waals surface area contributed by atoms with Crippen LogP contribution in [0.1, 0.15) is 45.0 Å². The van der Waals surface area contributed by atoms with Crippen LogP contribution < -0.4 is 19.5 Å². The summed E-state index contributed by atoms with van der Waals surface area (Å²) in [5.41, 5.74) is 2.25. The molecule has 2 aliphatic rings. The lowest BCUT2D eigenvalue weighted by molar-refractivity contribution is 0.154. The first-order valence-electron chi connectivity index (χ1n) is 11.5. The molecular weight excluding hydrogens is 420 g/mol. The number of nitrogens with one attached hydrogen (secondary N) is 2. The van der Waals surface area contributed by atoms with Crippen molar-refractivity contribution in [2.75, 3.05) is 19.5 Å². The molecule has 2 N–H and O–H groups in total. The molecule has 1 aromatic heterocycles. The summed E-state index contributed by atoms with van der Waals surface area (Å²) in [4.78, 5) is 23.9. The first kappa shape index (κ1) is 21.4. The lowest BCUT2D eigenvalue weighted by Gasteiger charge is -2.34. The second-order valence-electron chi connectivity index (χ2n) is 8.99. The van der Waals surface area contributed by atoms with E-state index in [-0.39, 0.29) is 24.2 Å². The lowest BCUT2D eigenvalue weighted by Crippen LogP contribution is -2.43. The van der Waals surface area contributed by atoms with Gasteiger partial charge >= 0.3 is 6.03 Å². The predicted octanol–water partition coefficient (Wildman–Crippen LogP) is 5.12. The number of carbonyl (C=O) groups excluding carboxylic acids is 1. The zero-order valence-corrected chi connectivity index (χ0v) is 19.4. The van der Waals surface area contributed by atoms with Crippen molar-refractivity contribution in [3.05, 3.63) is 42.2 Å². The van der Waals surface area contributed by atoms with Crippen molar-refractivity contribution in [2.45, 2.75) is 51.3 Å². The minimum Gasteiger partial charge on any atom is -0.494 e. The van der Waals surface area contributed by atoms with E-state index in [0.717, 1.165) is 41.9 Å². The number of nitrogens with zero attached hydrogens (tertiary/aromatic N) is 2. The van der Waals surface area contributed by atoms with Gasteiger partial charge in [-0.15, -0.1) is 0 Å². The van der Waals surface area contributed by atoms with E-state index in [9.17, 15) is 4.79 Å². The van der Waals surface area contributed by atoms with E-state index in [1.807, 2.05) is 43.0 Å². The van der Waals surface area contributed by atoms with Gasteiger partial charge in [0.15, 0.2) is 0 Å². The number of benzene rings is 2. The van der Waals surface area contributed by atoms with Crippen LogP contribution in [-0.2, 0) is 0 Å². The zero-order chi connectivity index (χ0) is 23.1. The Morgan fingerprint density at radius 2 is 1.79 bits per heavy atom. The first-order valence-corrected chi connectivity index (χ1v) is 11.5. The van der Waals surface area contributed by atoms with Gasteiger partial charge in [-0.25, -0.2) is 9.78 Å². The fraction of sp³-hybridized carbons (Fsp3) is 0.440. The summed E-state index contributed by atoms with van der Waals surface area (Å²) >= 11 is 0. The third-order valence-corrected chi connectivity index (χ3v) is 6.62. The van der Waals surface area contributed by atoms with Gasteiger partial charge in [0.2, 0.25) is 0 Å². The average Bonchev–Trinajstić information content (AvgIpc) is 3.53. The van der Waals surface area contributed by atoms with Crippen molar-refractivity contribution in [3.63, 3.8) is 0 Å². The number of carbonyl (C=O) groups is 1. The topological polar surface area (TPSA) is 88.7 Å². The third-order valence-electron chi connectivity index (χ3n) is 6.62. The summed E-state index contributed by atoms with van der Waals surface area (Å²) in [7, 11) is 3.16. The Morgan fingerprint density at radius 3 is 2.48 bits per heavy atom. The molecule has 0 radical (unpaired) electrons. The highest BCUT2D eigenvalue weighted by Crippen LogP contribution is 2.50. The molecule has 174 valence electrons. The highest BCUT2D eigenvalue weighted by Gasteiger charge is 2.50. The van der Waals surface area contributed by atoms with Crippen molar-refractivity contribution in [1.29, 1.82) is 0 Å². The van der Waals surface area contributed by atoms with E-state index in [0.29, 0.717) is 23.1 Å². The average molecular weight is 451 g/mol. The van der Waals surface area contributed by atoms with Gasteiger partial charge in [0.1, 0.15) is 34.3 Å². The van der Waals surface area contributed by atoms with Crippen LogP contribution in [0.25, 0.3) is 11.0 Å². The maximum Gasteiger partial charge on any atom is 0.322 e. The molecule has 0 unspecified atom stereocenters. The van der Waals surface area contributed by atoms with Crippen LogP contribution in [0, 0.1) is 5.92 Å². The molecule has 2 heterocycles. The van der Waals surface area contributed by atoms with Crippen LogP contribution in [0.4, 0.5) is 10.5 Å². The number of imidazole rings is 1. The second kappa shape index (κ2) is 8.50. The molecule has 3 aromatic rings. The number of anilines is 1. The number of amides is 2. The van der Waals surface area contributed by atoms with Crippen molar-refractivity contribution in [2.24, 2.45) is 5.92 Å². The number of piperidine rings is 1. The Kier molecular flexibility index (Phi) is 5.52. The summed E-state index contributed by atoms with van der Waals surface area (Å²) in [6.07, 6.45) is 3.12. The number of aromatic amines is 1. The van der Waals surface area contributed by atoms with Crippen molar-refractivity contribution < 1.29 is 19.0 Å². The van der Waals surface area contributed by atoms with Crippen LogP contribution in [-0.4, -0.2) is 47.3 Å². The normalized spacial score (nSPS) is 21.6. The smallest absolute Gasteiger partial charge is 0.322 e. The molecule has 5 rings (SSSR count). The monoisotopic (exact) mass is 450 g/mol. The van der Waals surface area contributed by atoms with E-state index in [2.05, 4.69) is 10.3 Å². The number of hydrogen-bond acceptors (Lipinski definition) is 5. The largest absolute Gasteiger partial charge is 0.494 e. The van der Waals surface area contributed by atoms with Gasteiger partial charge in [-0.05, 0) is 63.3 Å². The highest BCUT2D eigenvalue weighted by molar-refractivity contribution is 5.94. The quantitative estimate of drug-likeness (QED) is 0.544. The Hall–Kier alpha value is -3.42. The molecule has 8 nitrogen and oxygen atoms in total. The van der Waals surface area contributed by atoms with Crippen LogP contribution in [0.3, 0.4) is 0 Å². The summed E-state index contributed by atoms with van der Waals surface area (Å²) in [6.45, 7) is 4.00. The molecule has 2 amide bonds. The van der Waals surface area contributed by atoms with E-state index >= 15 is 0 Å². The fourth-order valence-corrected chi connectivity index (χ4v) is 5.29.